The summed E-state index contributed by atoms with van der Waals surface area (Å²) in [5, 5.41) is 6.37. The first kappa shape index (κ1) is 15.7. The van der Waals surface area contributed by atoms with Crippen molar-refractivity contribution in [1.82, 2.24) is 15.0 Å². The number of rotatable bonds is 5. The lowest BCUT2D eigenvalue weighted by atomic mass is 10.2. The van der Waals surface area contributed by atoms with Crippen LogP contribution in [0.3, 0.4) is 0 Å². The Bertz CT molecular complexity index is 971. The molecule has 0 spiro atoms. The van der Waals surface area contributed by atoms with Gasteiger partial charge in [0, 0.05) is 43.5 Å². The fourth-order valence-corrected chi connectivity index (χ4v) is 3.33. The Morgan fingerprint density at radius 2 is 1.96 bits per heavy atom. The Morgan fingerprint density at radius 3 is 2.68 bits per heavy atom. The molecule has 4 rings (SSSR count). The van der Waals surface area contributed by atoms with E-state index in [9.17, 15) is 0 Å². The lowest BCUT2D eigenvalue weighted by Gasteiger charge is -2.12. The molecule has 2 aromatic heterocycles. The second-order valence-corrected chi connectivity index (χ2v) is 6.96. The average molecular weight is 349 g/mol. The van der Waals surface area contributed by atoms with E-state index < -0.39 is 0 Å². The fraction of sp³-hybridized carbons (Fsp3) is 0.158. The Hall–Kier alpha value is -2.86. The molecule has 2 N–H and O–H groups in total. The van der Waals surface area contributed by atoms with Crippen LogP contribution in [0.1, 0.15) is 5.56 Å². The van der Waals surface area contributed by atoms with E-state index in [1.165, 1.54) is 11.3 Å². The van der Waals surface area contributed by atoms with Crippen molar-refractivity contribution in [1.29, 1.82) is 0 Å². The highest BCUT2D eigenvalue weighted by atomic mass is 32.1. The molecule has 0 fully saturated rings. The van der Waals surface area contributed by atoms with Crippen molar-refractivity contribution >= 4 is 34.0 Å². The standard InChI is InChI=1S/C19H19N5S/c1-24(2)15-6-3-13(4-7-15)12-21-19-22-16-8-5-14(11-17(16)23-19)18-20-9-10-25-18/h3-11H,12H2,1-2H3,(H2,21,22,23). The minimum Gasteiger partial charge on any atom is -0.378 e. The molecule has 0 saturated heterocycles. The highest BCUT2D eigenvalue weighted by molar-refractivity contribution is 7.13. The van der Waals surface area contributed by atoms with Gasteiger partial charge in [-0.1, -0.05) is 12.1 Å². The van der Waals surface area contributed by atoms with Crippen LogP contribution in [0, 0.1) is 0 Å². The number of H-pyrrole nitrogens is 1. The lowest BCUT2D eigenvalue weighted by molar-refractivity contribution is 1.09. The molecule has 0 aliphatic carbocycles. The third-order valence-electron chi connectivity index (χ3n) is 4.07. The van der Waals surface area contributed by atoms with Gasteiger partial charge in [-0.2, -0.15) is 0 Å². The van der Waals surface area contributed by atoms with Crippen molar-refractivity contribution in [2.24, 2.45) is 0 Å². The Morgan fingerprint density at radius 1 is 1.12 bits per heavy atom. The van der Waals surface area contributed by atoms with Gasteiger partial charge in [0.2, 0.25) is 5.95 Å². The van der Waals surface area contributed by atoms with Gasteiger partial charge in [-0.3, -0.25) is 0 Å². The Labute approximate surface area is 150 Å². The van der Waals surface area contributed by atoms with E-state index in [0.29, 0.717) is 0 Å². The summed E-state index contributed by atoms with van der Waals surface area (Å²) in [6, 6.07) is 14.7. The van der Waals surface area contributed by atoms with Gasteiger partial charge in [-0.15, -0.1) is 11.3 Å². The summed E-state index contributed by atoms with van der Waals surface area (Å²) in [5.74, 6) is 0.781. The van der Waals surface area contributed by atoms with E-state index in [1.54, 1.807) is 11.3 Å². The number of thiazole rings is 1. The first-order valence-corrected chi connectivity index (χ1v) is 8.97. The molecule has 25 heavy (non-hydrogen) atoms. The molecular weight excluding hydrogens is 330 g/mol. The molecule has 0 unspecified atom stereocenters. The van der Waals surface area contributed by atoms with Gasteiger partial charge in [0.15, 0.2) is 0 Å². The van der Waals surface area contributed by atoms with Crippen molar-refractivity contribution in [3.63, 3.8) is 0 Å². The second kappa shape index (κ2) is 6.57. The molecular formula is C19H19N5S. The van der Waals surface area contributed by atoms with Crippen molar-refractivity contribution in [2.75, 3.05) is 24.3 Å². The minimum absolute atomic E-state index is 0.729. The number of nitrogens with zero attached hydrogens (tertiary/aromatic N) is 3. The number of imidazole rings is 1. The van der Waals surface area contributed by atoms with Gasteiger partial charge in [-0.05, 0) is 35.9 Å². The van der Waals surface area contributed by atoms with Gasteiger partial charge < -0.3 is 15.2 Å². The molecule has 0 aliphatic heterocycles. The molecule has 6 heteroatoms. The molecule has 126 valence electrons. The molecule has 0 bridgehead atoms. The Kier molecular flexibility index (Phi) is 4.11. The van der Waals surface area contributed by atoms with Crippen molar-refractivity contribution in [3.05, 3.63) is 59.6 Å². The van der Waals surface area contributed by atoms with Crippen LogP contribution in [-0.2, 0) is 6.54 Å². The van der Waals surface area contributed by atoms with Crippen LogP contribution in [0.5, 0.6) is 0 Å². The quantitative estimate of drug-likeness (QED) is 0.562. The molecule has 0 radical (unpaired) electrons. The number of anilines is 2. The van der Waals surface area contributed by atoms with E-state index in [1.807, 2.05) is 31.7 Å². The lowest BCUT2D eigenvalue weighted by Crippen LogP contribution is -2.08. The zero-order valence-corrected chi connectivity index (χ0v) is 15.0. The average Bonchev–Trinajstić information content (AvgIpc) is 3.29. The van der Waals surface area contributed by atoms with Crippen molar-refractivity contribution in [2.45, 2.75) is 6.54 Å². The van der Waals surface area contributed by atoms with Gasteiger partial charge in [0.05, 0.1) is 11.0 Å². The van der Waals surface area contributed by atoms with Gasteiger partial charge in [0.25, 0.3) is 0 Å². The first-order valence-electron chi connectivity index (χ1n) is 8.09. The monoisotopic (exact) mass is 349 g/mol. The van der Waals surface area contributed by atoms with E-state index in [-0.39, 0.29) is 0 Å². The van der Waals surface area contributed by atoms with Gasteiger partial charge >= 0.3 is 0 Å². The number of aromatic nitrogens is 3. The van der Waals surface area contributed by atoms with E-state index in [2.05, 4.69) is 61.6 Å². The molecule has 0 atom stereocenters. The Balaban J connectivity index is 1.50. The molecule has 2 aromatic carbocycles. The van der Waals surface area contributed by atoms with Crippen molar-refractivity contribution < 1.29 is 0 Å². The second-order valence-electron chi connectivity index (χ2n) is 6.07. The van der Waals surface area contributed by atoms with Crippen LogP contribution in [0.2, 0.25) is 0 Å². The number of nitrogens with one attached hydrogen (secondary N) is 2. The minimum atomic E-state index is 0.729. The highest BCUT2D eigenvalue weighted by Crippen LogP contribution is 2.25. The molecule has 4 aromatic rings. The molecule has 2 heterocycles. The highest BCUT2D eigenvalue weighted by Gasteiger charge is 2.06. The number of benzene rings is 2. The van der Waals surface area contributed by atoms with E-state index in [0.717, 1.165) is 34.1 Å². The number of fused-ring (bicyclic) bond motifs is 1. The third-order valence-corrected chi connectivity index (χ3v) is 4.90. The number of aromatic amines is 1. The SMILES string of the molecule is CN(C)c1ccc(CNc2nc3ccc(-c4nccs4)cc3[nH]2)cc1. The van der Waals surface area contributed by atoms with E-state index >= 15 is 0 Å². The normalized spacial score (nSPS) is 11.0. The maximum absolute atomic E-state index is 4.60. The van der Waals surface area contributed by atoms with Crippen LogP contribution in [0.15, 0.2) is 54.0 Å². The molecule has 0 saturated carbocycles. The molecule has 5 nitrogen and oxygen atoms in total. The predicted molar refractivity (Wildman–Crippen MR) is 105 cm³/mol. The fourth-order valence-electron chi connectivity index (χ4n) is 2.69. The van der Waals surface area contributed by atoms with Crippen molar-refractivity contribution in [3.8, 4) is 10.6 Å². The topological polar surface area (TPSA) is 56.8 Å². The summed E-state index contributed by atoms with van der Waals surface area (Å²) in [5.41, 5.74) is 5.48. The summed E-state index contributed by atoms with van der Waals surface area (Å²) in [6.45, 7) is 0.729. The molecule has 0 aliphatic rings. The summed E-state index contributed by atoms with van der Waals surface area (Å²) in [4.78, 5) is 14.4. The van der Waals surface area contributed by atoms with Crippen LogP contribution in [0.25, 0.3) is 21.6 Å². The number of hydrogen-bond donors (Lipinski definition) is 2. The predicted octanol–water partition coefficient (Wildman–Crippen LogP) is 4.36. The summed E-state index contributed by atoms with van der Waals surface area (Å²) < 4.78 is 0. The summed E-state index contributed by atoms with van der Waals surface area (Å²) >= 11 is 1.64. The van der Waals surface area contributed by atoms with Crippen LogP contribution >= 0.6 is 11.3 Å². The third kappa shape index (κ3) is 3.34. The summed E-state index contributed by atoms with van der Waals surface area (Å²) in [7, 11) is 4.09. The number of hydrogen-bond acceptors (Lipinski definition) is 5. The smallest absolute Gasteiger partial charge is 0.201 e. The van der Waals surface area contributed by atoms with Gasteiger partial charge in [0.1, 0.15) is 5.01 Å². The van der Waals surface area contributed by atoms with Crippen LogP contribution in [0.4, 0.5) is 11.6 Å². The van der Waals surface area contributed by atoms with Crippen LogP contribution in [-0.4, -0.2) is 29.0 Å². The maximum Gasteiger partial charge on any atom is 0.201 e. The molecule has 0 amide bonds. The van der Waals surface area contributed by atoms with Crippen LogP contribution < -0.4 is 10.2 Å². The zero-order chi connectivity index (χ0) is 17.2. The zero-order valence-electron chi connectivity index (χ0n) is 14.2. The summed E-state index contributed by atoms with van der Waals surface area (Å²) in [6.07, 6.45) is 1.83. The maximum atomic E-state index is 4.60. The first-order chi connectivity index (χ1) is 12.2. The van der Waals surface area contributed by atoms with E-state index in [4.69, 9.17) is 0 Å². The largest absolute Gasteiger partial charge is 0.378 e. The van der Waals surface area contributed by atoms with Gasteiger partial charge in [-0.25, -0.2) is 9.97 Å².